The van der Waals surface area contributed by atoms with Crippen molar-refractivity contribution in [2.24, 2.45) is 0 Å². The van der Waals surface area contributed by atoms with E-state index in [9.17, 15) is 26.7 Å². The Hall–Kier alpha value is -1.14. The zero-order valence-electron chi connectivity index (χ0n) is 11.6. The Kier molecular flexibility index (Phi) is 3.25. The van der Waals surface area contributed by atoms with Gasteiger partial charge in [-0.15, -0.1) is 0 Å². The van der Waals surface area contributed by atoms with Crippen LogP contribution < -0.4 is 0 Å². The van der Waals surface area contributed by atoms with Gasteiger partial charge in [0.05, 0.1) is 8.46 Å². The highest BCUT2D eigenvalue weighted by molar-refractivity contribution is 5.86. The third-order valence-electron chi connectivity index (χ3n) is 0.592. The first-order valence-corrected chi connectivity index (χ1v) is 2.75. The number of hydrogen-bond donors (Lipinski definition) is 0. The van der Waals surface area contributed by atoms with Gasteiger partial charge in [-0.05, 0) is 6.85 Å². The molecule has 0 amide bonds. The topological polar surface area (TPSA) is 26.3 Å². The van der Waals surface area contributed by atoms with Crippen molar-refractivity contribution in [3.8, 4) is 0 Å². The zero-order valence-corrected chi connectivity index (χ0v) is 6.62. The standard InChI is InChI=1S/C5H8O2.C2HF5/c1-4(2)5(6)7-3;3-1(4)2(5,6)7/h1H2,2-3H3;1H/i2D3,3D;1D. The number of alkyl halides is 5. The maximum atomic E-state index is 10.8. The van der Waals surface area contributed by atoms with Gasteiger partial charge in [0.2, 0.25) is 0 Å². The van der Waals surface area contributed by atoms with E-state index in [-0.39, 0.29) is 0 Å². The largest absolute Gasteiger partial charge is 0.466 e. The first kappa shape index (κ1) is 7.19. The number of rotatable bonds is 1. The molecule has 0 aliphatic rings. The van der Waals surface area contributed by atoms with E-state index in [0.29, 0.717) is 0 Å². The molecule has 7 heteroatoms. The molecule has 0 radical (unpaired) electrons. The van der Waals surface area contributed by atoms with Crippen LogP contribution in [0.5, 0.6) is 0 Å². The van der Waals surface area contributed by atoms with Crippen LogP contribution in [0.4, 0.5) is 22.0 Å². The van der Waals surface area contributed by atoms with Crippen LogP contribution in [0.25, 0.3) is 0 Å². The summed E-state index contributed by atoms with van der Waals surface area (Å²) in [5.41, 5.74) is -0.593. The van der Waals surface area contributed by atoms with Crippen LogP contribution in [0.1, 0.15) is 13.7 Å². The molecule has 0 fully saturated rings. The molecule has 0 aliphatic heterocycles. The van der Waals surface area contributed by atoms with E-state index in [1.54, 1.807) is 0 Å². The van der Waals surface area contributed by atoms with E-state index >= 15 is 0 Å². The van der Waals surface area contributed by atoms with Gasteiger partial charge in [0.1, 0.15) is 1.37 Å². The molecule has 0 atom stereocenters. The van der Waals surface area contributed by atoms with E-state index in [2.05, 4.69) is 11.3 Å². The SMILES string of the molecule is [2H]C(F)(F)C(F)(F)F.[2H]COC(=O)C(=C)C([2H])([2H])[2H]. The van der Waals surface area contributed by atoms with E-state index in [4.69, 9.17) is 6.85 Å². The molecule has 0 unspecified atom stereocenters. The molecule has 0 N–H and O–H groups in total. The van der Waals surface area contributed by atoms with Gasteiger partial charge in [0, 0.05) is 9.69 Å². The smallest absolute Gasteiger partial charge is 0.450 e. The van der Waals surface area contributed by atoms with Crippen LogP contribution >= 0.6 is 0 Å². The quantitative estimate of drug-likeness (QED) is 0.389. The van der Waals surface area contributed by atoms with Gasteiger partial charge in [-0.1, -0.05) is 6.58 Å². The molecule has 0 spiro atoms. The average molecular weight is 225 g/mol. The van der Waals surface area contributed by atoms with Gasteiger partial charge in [-0.2, -0.15) is 13.2 Å². The van der Waals surface area contributed by atoms with E-state index in [0.717, 1.165) is 0 Å². The van der Waals surface area contributed by atoms with Crippen molar-refractivity contribution in [2.75, 3.05) is 7.09 Å². The highest BCUT2D eigenvalue weighted by Crippen LogP contribution is 2.22. The minimum atomic E-state index is -5.73. The molecule has 0 aromatic carbocycles. The first-order chi connectivity index (χ1) is 8.14. The predicted molar refractivity (Wildman–Crippen MR) is 38.9 cm³/mol. The lowest BCUT2D eigenvalue weighted by molar-refractivity contribution is -0.219. The summed E-state index contributed by atoms with van der Waals surface area (Å²) in [4.78, 5) is 10.6. The number of carbonyl (C=O) groups excluding carboxylic acids is 1. The highest BCUT2D eigenvalue weighted by atomic mass is 19.4. The minimum Gasteiger partial charge on any atom is -0.466 e. The Morgan fingerprint density at radius 1 is 1.57 bits per heavy atom. The summed E-state index contributed by atoms with van der Waals surface area (Å²) in [7, 11) is -0.589. The molecule has 0 bridgehead atoms. The third-order valence-corrected chi connectivity index (χ3v) is 0.592. The lowest BCUT2D eigenvalue weighted by Crippen LogP contribution is -2.18. The molecule has 0 aromatic heterocycles. The van der Waals surface area contributed by atoms with Crippen LogP contribution in [0.15, 0.2) is 12.2 Å². The monoisotopic (exact) mass is 225 g/mol. The lowest BCUT2D eigenvalue weighted by Gasteiger charge is -2.00. The van der Waals surface area contributed by atoms with Crippen molar-refractivity contribution < 1.29 is 38.3 Å². The van der Waals surface area contributed by atoms with Crippen LogP contribution in [-0.2, 0) is 9.53 Å². The maximum absolute atomic E-state index is 10.8. The molecule has 0 aliphatic carbocycles. The van der Waals surface area contributed by atoms with Gasteiger partial charge in [-0.25, -0.2) is 13.6 Å². The second-order valence-electron chi connectivity index (χ2n) is 1.67. The Morgan fingerprint density at radius 2 is 2.00 bits per heavy atom. The second kappa shape index (κ2) is 6.33. The zero-order chi connectivity index (χ0) is 16.1. The number of carbonyl (C=O) groups is 1. The Labute approximate surface area is 84.4 Å². The molecule has 0 saturated carbocycles. The summed E-state index contributed by atoms with van der Waals surface area (Å²) < 4.78 is 89.3. The van der Waals surface area contributed by atoms with Crippen molar-refractivity contribution in [1.29, 1.82) is 0 Å². The fraction of sp³-hybridized carbons (Fsp3) is 0.571. The van der Waals surface area contributed by atoms with Gasteiger partial charge in [0.15, 0.2) is 0 Å². The normalized spacial score (nSPS) is 17.1. The summed E-state index contributed by atoms with van der Waals surface area (Å²) in [6.45, 7) is 0.503. The first-order valence-electron chi connectivity index (χ1n) is 5.45. The number of hydrogen-bond acceptors (Lipinski definition) is 2. The van der Waals surface area contributed by atoms with Gasteiger partial charge in [0.25, 0.3) is 0 Å². The number of halogens is 5. The Bertz CT molecular complexity index is 307. The fourth-order valence-electron chi connectivity index (χ4n) is 0.0871. The average Bonchev–Trinajstić information content (AvgIpc) is 2.13. The van der Waals surface area contributed by atoms with Crippen LogP contribution in [0.2, 0.25) is 0 Å². The van der Waals surface area contributed by atoms with Crippen molar-refractivity contribution >= 4 is 5.97 Å². The van der Waals surface area contributed by atoms with Crippen molar-refractivity contribution in [3.05, 3.63) is 12.2 Å². The maximum Gasteiger partial charge on any atom is 0.450 e. The lowest BCUT2D eigenvalue weighted by atomic mass is 10.4. The summed E-state index contributed by atoms with van der Waals surface area (Å²) in [5, 5.41) is 0. The van der Waals surface area contributed by atoms with E-state index in [1.165, 1.54) is 0 Å². The molecule has 2 nitrogen and oxygen atoms in total. The molecular formula is C7H9F5O2. The van der Waals surface area contributed by atoms with Crippen molar-refractivity contribution in [3.63, 3.8) is 0 Å². The molecule has 0 saturated heterocycles. The fourth-order valence-corrected chi connectivity index (χ4v) is 0.0871. The summed E-state index contributed by atoms with van der Waals surface area (Å²) in [6, 6.07) is 0. The van der Waals surface area contributed by atoms with Crippen LogP contribution in [-0.4, -0.2) is 25.6 Å². The Morgan fingerprint density at radius 3 is 2.21 bits per heavy atom. The van der Waals surface area contributed by atoms with Crippen LogP contribution in [0, 0.1) is 0 Å². The molecule has 0 aromatic rings. The summed E-state index contributed by atoms with van der Waals surface area (Å²) in [5.74, 6) is -1.04. The summed E-state index contributed by atoms with van der Waals surface area (Å²) in [6.07, 6.45) is -11.0. The molecular weight excluding hydrogens is 211 g/mol. The van der Waals surface area contributed by atoms with Crippen molar-refractivity contribution in [1.82, 2.24) is 0 Å². The number of ether oxygens (including phenoxy) is 1. The molecule has 14 heavy (non-hydrogen) atoms. The van der Waals surface area contributed by atoms with Crippen molar-refractivity contribution in [2.45, 2.75) is 19.4 Å². The van der Waals surface area contributed by atoms with Gasteiger partial charge in [-0.3, -0.25) is 0 Å². The second-order valence-corrected chi connectivity index (χ2v) is 1.67. The molecule has 84 valence electrons. The third kappa shape index (κ3) is 8.95. The molecule has 0 rings (SSSR count). The Balaban J connectivity index is 0. The highest BCUT2D eigenvalue weighted by Gasteiger charge is 2.40. The van der Waals surface area contributed by atoms with Gasteiger partial charge < -0.3 is 4.74 Å². The summed E-state index contributed by atoms with van der Waals surface area (Å²) >= 11 is 0. The van der Waals surface area contributed by atoms with Gasteiger partial charge >= 0.3 is 18.5 Å². The predicted octanol–water partition coefficient (Wildman–Crippen LogP) is 2.55. The molecule has 0 heterocycles. The van der Waals surface area contributed by atoms with Crippen LogP contribution in [0.3, 0.4) is 0 Å². The van der Waals surface area contributed by atoms with E-state index < -0.39 is 38.1 Å². The minimum absolute atomic E-state index is 0.589. The van der Waals surface area contributed by atoms with E-state index in [1.807, 2.05) is 0 Å². The number of esters is 1. The number of methoxy groups -OCH3 is 1.